The van der Waals surface area contributed by atoms with Crippen LogP contribution in [0.4, 0.5) is 21.0 Å². The van der Waals surface area contributed by atoms with Gasteiger partial charge in [0.05, 0.1) is 9.85 Å². The van der Waals surface area contributed by atoms with Gasteiger partial charge in [0.2, 0.25) is 0 Å². The number of nitrogens with one attached hydrogen (secondary N) is 1. The molecule has 1 aliphatic carbocycles. The molecule has 1 N–H and O–H groups in total. The number of alkyl carbamates (subject to hydrolysis) is 1. The molecule has 14 heteroatoms. The van der Waals surface area contributed by atoms with Crippen LogP contribution in [0.5, 0.6) is 0 Å². The molecule has 1 saturated heterocycles. The van der Waals surface area contributed by atoms with Gasteiger partial charge in [0.1, 0.15) is 13.2 Å². The molecular weight excluding hydrogens is 544 g/mol. The van der Waals surface area contributed by atoms with Crippen LogP contribution in [0.3, 0.4) is 0 Å². The summed E-state index contributed by atoms with van der Waals surface area (Å²) in [6.07, 6.45) is 0.287. The molecule has 212 valence electrons. The molecule has 4 rings (SSSR count). The van der Waals surface area contributed by atoms with Crippen LogP contribution in [0.25, 0.3) is 0 Å². The third kappa shape index (κ3) is 7.68. The first-order valence-electron chi connectivity index (χ1n) is 12.6. The molecule has 40 heavy (non-hydrogen) atoms. The molecule has 1 heterocycles. The Morgan fingerprint density at radius 2 is 1.48 bits per heavy atom. The first kappa shape index (κ1) is 28.8. The SMILES string of the molecule is CC(=O)S[C@H]1C[C@@H]([C@@H]2C[C@H]2CNC(=O)OCc2ccc([N+](=O)[O-])cc2)N(C(=O)OCc2ccc([N+](=O)[O-])cc2)C1. The van der Waals surface area contributed by atoms with Gasteiger partial charge < -0.3 is 19.7 Å². The zero-order valence-electron chi connectivity index (χ0n) is 21.6. The number of non-ortho nitro benzene ring substituents is 2. The molecule has 0 bridgehead atoms. The summed E-state index contributed by atoms with van der Waals surface area (Å²) in [5, 5.41) is 24.2. The van der Waals surface area contributed by atoms with Crippen LogP contribution in [-0.4, -0.2) is 56.4 Å². The minimum Gasteiger partial charge on any atom is -0.445 e. The molecule has 0 unspecified atom stereocenters. The number of rotatable bonds is 10. The summed E-state index contributed by atoms with van der Waals surface area (Å²) in [7, 11) is 0. The Morgan fingerprint density at radius 1 is 0.925 bits per heavy atom. The number of carbonyl (C=O) groups excluding carboxylic acids is 3. The molecule has 2 fully saturated rings. The van der Waals surface area contributed by atoms with Gasteiger partial charge in [-0.3, -0.25) is 25.0 Å². The van der Waals surface area contributed by atoms with Crippen LogP contribution in [0.2, 0.25) is 0 Å². The summed E-state index contributed by atoms with van der Waals surface area (Å²) in [5.41, 5.74) is 1.13. The van der Waals surface area contributed by atoms with E-state index in [0.29, 0.717) is 30.6 Å². The third-order valence-corrected chi connectivity index (χ3v) is 7.89. The van der Waals surface area contributed by atoms with Gasteiger partial charge in [0.25, 0.3) is 11.4 Å². The summed E-state index contributed by atoms with van der Waals surface area (Å²) in [6, 6.07) is 11.3. The summed E-state index contributed by atoms with van der Waals surface area (Å²) in [5.74, 6) is 0.252. The normalized spacial score (nSPS) is 21.4. The van der Waals surface area contributed by atoms with E-state index in [9.17, 15) is 34.6 Å². The highest BCUT2D eigenvalue weighted by Gasteiger charge is 2.50. The van der Waals surface area contributed by atoms with Crippen molar-refractivity contribution in [2.45, 2.75) is 44.3 Å². The van der Waals surface area contributed by atoms with Gasteiger partial charge >= 0.3 is 12.2 Å². The molecule has 2 aromatic rings. The van der Waals surface area contributed by atoms with Gasteiger partial charge in [-0.25, -0.2) is 9.59 Å². The molecule has 2 amide bonds. The predicted octanol–water partition coefficient (Wildman–Crippen LogP) is 4.42. The molecule has 2 aliphatic rings. The highest BCUT2D eigenvalue weighted by atomic mass is 32.2. The van der Waals surface area contributed by atoms with Gasteiger partial charge in [0.15, 0.2) is 5.12 Å². The molecule has 13 nitrogen and oxygen atoms in total. The topological polar surface area (TPSA) is 171 Å². The lowest BCUT2D eigenvalue weighted by Crippen LogP contribution is -2.38. The number of carbonyl (C=O) groups is 3. The molecule has 1 aliphatic heterocycles. The molecule has 0 spiro atoms. The largest absolute Gasteiger partial charge is 0.445 e. The zero-order chi connectivity index (χ0) is 28.8. The monoisotopic (exact) mass is 572 g/mol. The van der Waals surface area contributed by atoms with Gasteiger partial charge in [-0.05, 0) is 60.1 Å². The third-order valence-electron chi connectivity index (χ3n) is 6.88. The van der Waals surface area contributed by atoms with Gasteiger partial charge in [-0.1, -0.05) is 11.8 Å². The van der Waals surface area contributed by atoms with Crippen molar-refractivity contribution >= 4 is 40.4 Å². The van der Waals surface area contributed by atoms with Crippen molar-refractivity contribution in [3.63, 3.8) is 0 Å². The summed E-state index contributed by atoms with van der Waals surface area (Å²) >= 11 is 1.20. The Hall–Kier alpha value is -4.20. The number of amides is 2. The number of hydrogen-bond donors (Lipinski definition) is 1. The Morgan fingerprint density at radius 3 is 2.00 bits per heavy atom. The molecule has 0 aromatic heterocycles. The minimum atomic E-state index is -0.611. The van der Waals surface area contributed by atoms with Gasteiger partial charge in [0, 0.05) is 55.6 Å². The maximum absolute atomic E-state index is 13.0. The fourth-order valence-corrected chi connectivity index (χ4v) is 5.81. The maximum Gasteiger partial charge on any atom is 0.410 e. The van der Waals surface area contributed by atoms with Crippen LogP contribution >= 0.6 is 11.8 Å². The lowest BCUT2D eigenvalue weighted by Gasteiger charge is -2.24. The van der Waals surface area contributed by atoms with Crippen molar-refractivity contribution in [2.24, 2.45) is 11.8 Å². The van der Waals surface area contributed by atoms with E-state index in [-0.39, 0.29) is 52.8 Å². The fourth-order valence-electron chi connectivity index (χ4n) is 4.81. The number of nitro benzene ring substituents is 2. The lowest BCUT2D eigenvalue weighted by molar-refractivity contribution is -0.385. The van der Waals surface area contributed by atoms with Crippen molar-refractivity contribution in [1.29, 1.82) is 0 Å². The lowest BCUT2D eigenvalue weighted by atomic mass is 10.1. The van der Waals surface area contributed by atoms with Crippen molar-refractivity contribution in [1.82, 2.24) is 10.2 Å². The second-order valence-corrected chi connectivity index (χ2v) is 11.2. The highest BCUT2D eigenvalue weighted by Crippen LogP contribution is 2.47. The van der Waals surface area contributed by atoms with Crippen LogP contribution in [-0.2, 0) is 27.5 Å². The van der Waals surface area contributed by atoms with Gasteiger partial charge in [-0.2, -0.15) is 0 Å². The standard InChI is InChI=1S/C26H28N4O9S/c1-16(31)40-22-11-24(28(13-22)26(33)39-15-18-4-8-21(9-5-18)30(36)37)23-10-19(23)12-27-25(32)38-14-17-2-6-20(7-3-17)29(34)35/h2-9,19,22-24H,10-15H2,1H3,(H,27,32)/t19-,22-,23+,24-/m0/s1. The highest BCUT2D eigenvalue weighted by molar-refractivity contribution is 8.14. The van der Waals surface area contributed by atoms with E-state index in [1.165, 1.54) is 67.2 Å². The first-order chi connectivity index (χ1) is 19.1. The number of thioether (sulfide) groups is 1. The average Bonchev–Trinajstić information content (AvgIpc) is 3.59. The fraction of sp³-hybridized carbons (Fsp3) is 0.423. The van der Waals surface area contributed by atoms with E-state index in [1.54, 1.807) is 4.90 Å². The van der Waals surface area contributed by atoms with E-state index in [2.05, 4.69) is 5.32 Å². The number of benzene rings is 2. The molecule has 4 atom stereocenters. The first-order valence-corrected chi connectivity index (χ1v) is 13.5. The van der Waals surface area contributed by atoms with Crippen molar-refractivity contribution in [3.8, 4) is 0 Å². The van der Waals surface area contributed by atoms with Gasteiger partial charge in [-0.15, -0.1) is 0 Å². The van der Waals surface area contributed by atoms with Crippen LogP contribution in [0, 0.1) is 32.1 Å². The Labute approximate surface area is 233 Å². The number of nitrogens with zero attached hydrogens (tertiary/aromatic N) is 3. The number of likely N-dealkylation sites (tertiary alicyclic amines) is 1. The second-order valence-electron chi connectivity index (χ2n) is 9.71. The molecule has 0 radical (unpaired) electrons. The van der Waals surface area contributed by atoms with Crippen molar-refractivity contribution in [2.75, 3.05) is 13.1 Å². The number of hydrogen-bond acceptors (Lipinski definition) is 10. The Bertz CT molecular complexity index is 1270. The Balaban J connectivity index is 1.26. The van der Waals surface area contributed by atoms with E-state index in [0.717, 1.165) is 6.42 Å². The smallest absolute Gasteiger partial charge is 0.410 e. The predicted molar refractivity (Wildman–Crippen MR) is 143 cm³/mol. The summed E-state index contributed by atoms with van der Waals surface area (Å²) < 4.78 is 10.7. The van der Waals surface area contributed by atoms with E-state index in [4.69, 9.17) is 9.47 Å². The molecule has 2 aromatic carbocycles. The average molecular weight is 573 g/mol. The second kappa shape index (κ2) is 12.8. The maximum atomic E-state index is 13.0. The van der Waals surface area contributed by atoms with Crippen LogP contribution in [0.1, 0.15) is 30.9 Å². The van der Waals surface area contributed by atoms with Crippen LogP contribution < -0.4 is 5.32 Å². The van der Waals surface area contributed by atoms with Crippen molar-refractivity contribution in [3.05, 3.63) is 79.9 Å². The van der Waals surface area contributed by atoms with E-state index < -0.39 is 22.0 Å². The minimum absolute atomic E-state index is 0.0289. The zero-order valence-corrected chi connectivity index (χ0v) is 22.4. The number of ether oxygens (including phenoxy) is 2. The Kier molecular flexibility index (Phi) is 9.19. The number of nitro groups is 2. The quantitative estimate of drug-likeness (QED) is 0.317. The van der Waals surface area contributed by atoms with Crippen LogP contribution in [0.15, 0.2) is 48.5 Å². The van der Waals surface area contributed by atoms with E-state index in [1.807, 2.05) is 0 Å². The van der Waals surface area contributed by atoms with Crippen molar-refractivity contribution < 1.29 is 33.7 Å². The summed E-state index contributed by atoms with van der Waals surface area (Å²) in [6.45, 7) is 2.14. The molecular formula is C26H28N4O9S. The summed E-state index contributed by atoms with van der Waals surface area (Å²) in [4.78, 5) is 59.1. The van der Waals surface area contributed by atoms with E-state index >= 15 is 0 Å². The molecule has 1 saturated carbocycles.